The molecule has 1 saturated carbocycles. The molecule has 1 amide bonds. The van der Waals surface area contributed by atoms with Crippen molar-refractivity contribution in [1.29, 1.82) is 0 Å². The number of amides is 1. The maximum absolute atomic E-state index is 12.2. The smallest absolute Gasteiger partial charge is 0.251 e. The number of carbonyl (C=O) groups is 1. The number of benzene rings is 1. The normalized spacial score (nSPS) is 32.1. The average Bonchev–Trinajstić information content (AvgIpc) is 2.47. The second-order valence-electron chi connectivity index (χ2n) is 5.72. The number of phenolic OH excluding ortho intramolecular Hbond substituents is 1. The van der Waals surface area contributed by atoms with Crippen LogP contribution < -0.4 is 11.1 Å². The Labute approximate surface area is 118 Å². The lowest BCUT2D eigenvalue weighted by molar-refractivity contribution is -0.117. The van der Waals surface area contributed by atoms with Crippen molar-refractivity contribution in [3.8, 4) is 5.75 Å². The minimum Gasteiger partial charge on any atom is -0.508 e. The van der Waals surface area contributed by atoms with Gasteiger partial charge in [-0.15, -0.1) is 0 Å². The van der Waals surface area contributed by atoms with Gasteiger partial charge in [-0.1, -0.05) is 0 Å². The Morgan fingerprint density at radius 3 is 3.05 bits per heavy atom. The third-order valence-electron chi connectivity index (χ3n) is 4.43. The van der Waals surface area contributed by atoms with E-state index < -0.39 is 0 Å². The fraction of sp³-hybridized carbons (Fsp3) is 0.533. The Kier molecular flexibility index (Phi) is 3.40. The van der Waals surface area contributed by atoms with Gasteiger partial charge in [-0.3, -0.25) is 4.79 Å². The summed E-state index contributed by atoms with van der Waals surface area (Å²) in [5.41, 5.74) is 7.34. The zero-order valence-electron chi connectivity index (χ0n) is 11.5. The third kappa shape index (κ3) is 2.17. The van der Waals surface area contributed by atoms with Gasteiger partial charge in [0, 0.05) is 24.1 Å². The van der Waals surface area contributed by atoms with Crippen LogP contribution in [0.15, 0.2) is 18.2 Å². The van der Waals surface area contributed by atoms with E-state index in [2.05, 4.69) is 5.32 Å². The number of fused-ring (bicyclic) bond motifs is 1. The van der Waals surface area contributed by atoms with Crippen LogP contribution in [0.3, 0.4) is 0 Å². The van der Waals surface area contributed by atoms with Crippen molar-refractivity contribution < 1.29 is 14.6 Å². The number of hydrogen-bond donors (Lipinski definition) is 3. The predicted octanol–water partition coefficient (Wildman–Crippen LogP) is 0.935. The van der Waals surface area contributed by atoms with Gasteiger partial charge in [-0.2, -0.15) is 0 Å². The number of phenols is 1. The summed E-state index contributed by atoms with van der Waals surface area (Å²) in [5, 5.41) is 12.4. The first kappa shape index (κ1) is 13.4. The van der Waals surface area contributed by atoms with Crippen molar-refractivity contribution in [2.24, 2.45) is 11.7 Å². The van der Waals surface area contributed by atoms with Crippen LogP contribution in [0.4, 0.5) is 0 Å². The SMILES string of the molecule is Cc1cc(C(=O)NC2C(N)C3CCCOC32)ccc1O. The quantitative estimate of drug-likeness (QED) is 0.750. The molecule has 108 valence electrons. The fourth-order valence-corrected chi connectivity index (χ4v) is 3.16. The number of hydrogen-bond acceptors (Lipinski definition) is 4. The molecule has 1 heterocycles. The van der Waals surface area contributed by atoms with Gasteiger partial charge in [0.25, 0.3) is 5.91 Å². The minimum absolute atomic E-state index is 0.0255. The van der Waals surface area contributed by atoms with Crippen molar-refractivity contribution in [2.45, 2.75) is 38.0 Å². The van der Waals surface area contributed by atoms with E-state index in [1.54, 1.807) is 19.1 Å². The lowest BCUT2D eigenvalue weighted by Gasteiger charge is -2.52. The number of rotatable bonds is 2. The van der Waals surface area contributed by atoms with Crippen LogP contribution in [-0.2, 0) is 4.74 Å². The van der Waals surface area contributed by atoms with Gasteiger partial charge >= 0.3 is 0 Å². The summed E-state index contributed by atoms with van der Waals surface area (Å²) in [7, 11) is 0. The van der Waals surface area contributed by atoms with E-state index in [0.29, 0.717) is 17.0 Å². The Morgan fingerprint density at radius 2 is 2.30 bits per heavy atom. The van der Waals surface area contributed by atoms with E-state index in [1.165, 1.54) is 6.07 Å². The Bertz CT molecular complexity index is 532. The maximum Gasteiger partial charge on any atom is 0.251 e. The zero-order valence-corrected chi connectivity index (χ0v) is 11.5. The molecule has 1 aromatic carbocycles. The van der Waals surface area contributed by atoms with E-state index in [-0.39, 0.29) is 29.8 Å². The molecule has 5 heteroatoms. The number of nitrogens with two attached hydrogens (primary N) is 1. The molecule has 0 spiro atoms. The van der Waals surface area contributed by atoms with Crippen molar-refractivity contribution >= 4 is 5.91 Å². The highest BCUT2D eigenvalue weighted by Gasteiger charge is 2.51. The van der Waals surface area contributed by atoms with Gasteiger partial charge in [0.1, 0.15) is 5.75 Å². The number of aromatic hydroxyl groups is 1. The van der Waals surface area contributed by atoms with Crippen molar-refractivity contribution in [1.82, 2.24) is 5.32 Å². The monoisotopic (exact) mass is 276 g/mol. The molecule has 0 bridgehead atoms. The molecule has 4 atom stereocenters. The summed E-state index contributed by atoms with van der Waals surface area (Å²) >= 11 is 0. The molecule has 1 aliphatic carbocycles. The first-order chi connectivity index (χ1) is 9.58. The summed E-state index contributed by atoms with van der Waals surface area (Å²) < 4.78 is 5.70. The summed E-state index contributed by atoms with van der Waals surface area (Å²) in [5.74, 6) is 0.398. The van der Waals surface area contributed by atoms with E-state index >= 15 is 0 Å². The lowest BCUT2D eigenvalue weighted by atomic mass is 9.68. The molecule has 1 aliphatic heterocycles. The highest BCUT2D eigenvalue weighted by Crippen LogP contribution is 2.37. The molecular weight excluding hydrogens is 256 g/mol. The van der Waals surface area contributed by atoms with E-state index in [9.17, 15) is 9.90 Å². The molecule has 1 aromatic rings. The lowest BCUT2D eigenvalue weighted by Crippen LogP contribution is -2.72. The Morgan fingerprint density at radius 1 is 1.50 bits per heavy atom. The van der Waals surface area contributed by atoms with Crippen LogP contribution in [-0.4, -0.2) is 35.8 Å². The van der Waals surface area contributed by atoms with Gasteiger partial charge in [0.15, 0.2) is 0 Å². The van der Waals surface area contributed by atoms with Crippen molar-refractivity contribution in [3.63, 3.8) is 0 Å². The third-order valence-corrected chi connectivity index (χ3v) is 4.43. The summed E-state index contributed by atoms with van der Waals surface area (Å²) in [6.07, 6.45) is 2.18. The van der Waals surface area contributed by atoms with Crippen LogP contribution in [0.1, 0.15) is 28.8 Å². The first-order valence-corrected chi connectivity index (χ1v) is 7.05. The molecule has 2 aliphatic rings. The molecule has 5 nitrogen and oxygen atoms in total. The number of carbonyl (C=O) groups excluding carboxylic acids is 1. The second-order valence-corrected chi connectivity index (χ2v) is 5.72. The molecule has 0 aromatic heterocycles. The summed E-state index contributed by atoms with van der Waals surface area (Å²) in [4.78, 5) is 12.2. The predicted molar refractivity (Wildman–Crippen MR) is 74.5 cm³/mol. The van der Waals surface area contributed by atoms with E-state index in [4.69, 9.17) is 10.5 Å². The zero-order chi connectivity index (χ0) is 14.3. The van der Waals surface area contributed by atoms with Gasteiger partial charge in [0.05, 0.1) is 12.1 Å². The van der Waals surface area contributed by atoms with Crippen LogP contribution >= 0.6 is 0 Å². The van der Waals surface area contributed by atoms with E-state index in [1.807, 2.05) is 0 Å². The Balaban J connectivity index is 1.68. The van der Waals surface area contributed by atoms with Crippen LogP contribution in [0.2, 0.25) is 0 Å². The van der Waals surface area contributed by atoms with Crippen LogP contribution in [0, 0.1) is 12.8 Å². The average molecular weight is 276 g/mol. The molecular formula is C15H20N2O3. The largest absolute Gasteiger partial charge is 0.508 e. The molecule has 0 radical (unpaired) electrons. The van der Waals surface area contributed by atoms with Crippen LogP contribution in [0.25, 0.3) is 0 Å². The second kappa shape index (κ2) is 5.07. The molecule has 3 rings (SSSR count). The maximum atomic E-state index is 12.2. The van der Waals surface area contributed by atoms with Gasteiger partial charge in [0.2, 0.25) is 0 Å². The van der Waals surface area contributed by atoms with Crippen molar-refractivity contribution in [3.05, 3.63) is 29.3 Å². The summed E-state index contributed by atoms with van der Waals surface area (Å²) in [6, 6.07) is 4.68. The topological polar surface area (TPSA) is 84.6 Å². The number of nitrogens with one attached hydrogen (secondary N) is 1. The van der Waals surface area contributed by atoms with Gasteiger partial charge in [-0.25, -0.2) is 0 Å². The number of aryl methyl sites for hydroxylation is 1. The van der Waals surface area contributed by atoms with Gasteiger partial charge < -0.3 is 20.9 Å². The standard InChI is InChI=1S/C15H20N2O3/c1-8-7-9(4-5-11(8)18)15(19)17-13-12(16)10-3-2-6-20-14(10)13/h4-5,7,10,12-14,18H,2-3,6,16H2,1H3,(H,17,19). The molecule has 4 N–H and O–H groups in total. The summed E-state index contributed by atoms with van der Waals surface area (Å²) in [6.45, 7) is 2.51. The van der Waals surface area contributed by atoms with Gasteiger partial charge in [-0.05, 0) is 43.5 Å². The minimum atomic E-state index is -0.166. The molecule has 4 unspecified atom stereocenters. The van der Waals surface area contributed by atoms with Crippen molar-refractivity contribution in [2.75, 3.05) is 6.61 Å². The first-order valence-electron chi connectivity index (χ1n) is 7.05. The van der Waals surface area contributed by atoms with E-state index in [0.717, 1.165) is 19.4 Å². The highest BCUT2D eigenvalue weighted by atomic mass is 16.5. The molecule has 2 fully saturated rings. The molecule has 20 heavy (non-hydrogen) atoms. The Hall–Kier alpha value is -1.59. The highest BCUT2D eigenvalue weighted by molar-refractivity contribution is 5.95. The molecule has 1 saturated heterocycles. The number of ether oxygens (including phenoxy) is 1. The fourth-order valence-electron chi connectivity index (χ4n) is 3.16. The van der Waals surface area contributed by atoms with Crippen LogP contribution in [0.5, 0.6) is 5.75 Å².